The van der Waals surface area contributed by atoms with E-state index in [1.54, 1.807) is 0 Å². The van der Waals surface area contributed by atoms with Gasteiger partial charge in [0.25, 0.3) is 0 Å². The second-order valence-corrected chi connectivity index (χ2v) is 11.3. The third kappa shape index (κ3) is 3.05. The average molecular weight is 393 g/mol. The topological polar surface area (TPSA) is 77.8 Å². The summed E-state index contributed by atoms with van der Waals surface area (Å²) in [4.78, 5) is 11.1. The first-order valence-electron chi connectivity index (χ1n) is 11.8. The van der Waals surface area contributed by atoms with Crippen molar-refractivity contribution >= 4 is 5.97 Å². The molecule has 0 aliphatic heterocycles. The van der Waals surface area contributed by atoms with E-state index in [2.05, 4.69) is 20.8 Å². The fourth-order valence-electron chi connectivity index (χ4n) is 8.71. The monoisotopic (exact) mass is 392 g/mol. The Morgan fingerprint density at radius 3 is 2.50 bits per heavy atom. The molecule has 4 heteroatoms. The lowest BCUT2D eigenvalue weighted by atomic mass is 9.43. The summed E-state index contributed by atoms with van der Waals surface area (Å²) >= 11 is 0. The second kappa shape index (κ2) is 7.27. The minimum Gasteiger partial charge on any atom is -0.481 e. The summed E-state index contributed by atoms with van der Waals surface area (Å²) in [7, 11) is 0. The highest BCUT2D eigenvalue weighted by molar-refractivity contribution is 5.66. The fraction of sp³-hybridized carbons (Fsp3) is 0.958. The number of rotatable bonds is 4. The highest BCUT2D eigenvalue weighted by Gasteiger charge is 2.63. The molecule has 4 fully saturated rings. The van der Waals surface area contributed by atoms with Gasteiger partial charge in [0.2, 0.25) is 0 Å². The molecule has 10 atom stereocenters. The molecule has 0 aromatic heterocycles. The van der Waals surface area contributed by atoms with E-state index in [9.17, 15) is 15.0 Å². The molecule has 160 valence electrons. The summed E-state index contributed by atoms with van der Waals surface area (Å²) in [5, 5.41) is 30.8. The summed E-state index contributed by atoms with van der Waals surface area (Å²) in [6, 6.07) is 0. The molecule has 3 N–H and O–H groups in total. The third-order valence-electron chi connectivity index (χ3n) is 10.3. The molecular weight excluding hydrogens is 352 g/mol. The van der Waals surface area contributed by atoms with Gasteiger partial charge in [-0.2, -0.15) is 0 Å². The predicted molar refractivity (Wildman–Crippen MR) is 109 cm³/mol. The van der Waals surface area contributed by atoms with Crippen molar-refractivity contribution in [2.45, 2.75) is 97.2 Å². The van der Waals surface area contributed by atoms with Gasteiger partial charge >= 0.3 is 5.97 Å². The molecule has 0 bridgehead atoms. The van der Waals surface area contributed by atoms with Crippen molar-refractivity contribution in [1.29, 1.82) is 0 Å². The van der Waals surface area contributed by atoms with Gasteiger partial charge in [0, 0.05) is 6.42 Å². The molecule has 28 heavy (non-hydrogen) atoms. The van der Waals surface area contributed by atoms with Crippen LogP contribution in [0.25, 0.3) is 0 Å². The van der Waals surface area contributed by atoms with Crippen LogP contribution in [0, 0.1) is 46.3 Å². The second-order valence-electron chi connectivity index (χ2n) is 11.3. The zero-order valence-electron chi connectivity index (χ0n) is 17.9. The Labute approximate surface area is 170 Å². The van der Waals surface area contributed by atoms with Crippen molar-refractivity contribution in [2.75, 3.05) is 0 Å². The molecule has 4 aliphatic rings. The van der Waals surface area contributed by atoms with Crippen molar-refractivity contribution < 1.29 is 20.1 Å². The van der Waals surface area contributed by atoms with Crippen LogP contribution in [0.4, 0.5) is 0 Å². The molecule has 0 aromatic rings. The van der Waals surface area contributed by atoms with Gasteiger partial charge in [-0.15, -0.1) is 0 Å². The Morgan fingerprint density at radius 2 is 1.79 bits per heavy atom. The van der Waals surface area contributed by atoms with E-state index in [0.29, 0.717) is 35.5 Å². The van der Waals surface area contributed by atoms with Gasteiger partial charge in [-0.3, -0.25) is 4.79 Å². The lowest BCUT2D eigenvalue weighted by Crippen LogP contribution is -2.58. The number of carbonyl (C=O) groups is 1. The van der Waals surface area contributed by atoms with Gasteiger partial charge in [0.1, 0.15) is 0 Å². The lowest BCUT2D eigenvalue weighted by molar-refractivity contribution is -0.175. The van der Waals surface area contributed by atoms with Crippen LogP contribution >= 0.6 is 0 Å². The van der Waals surface area contributed by atoms with Crippen molar-refractivity contribution in [3.8, 4) is 0 Å². The van der Waals surface area contributed by atoms with Crippen LogP contribution in [0.1, 0.15) is 85.0 Å². The van der Waals surface area contributed by atoms with E-state index >= 15 is 0 Å². The fourth-order valence-corrected chi connectivity index (χ4v) is 8.71. The molecular formula is C24H40O4. The molecule has 0 amide bonds. The number of hydrogen-bond donors (Lipinski definition) is 3. The molecule has 0 heterocycles. The first-order valence-corrected chi connectivity index (χ1v) is 11.8. The maximum Gasteiger partial charge on any atom is 0.303 e. The van der Waals surface area contributed by atoms with Crippen LogP contribution in [0.5, 0.6) is 0 Å². The molecule has 0 spiro atoms. The standard InChI is InChI=1S/C24H40O4/c1-14(4-9-22(27)28)18-7-8-19-17-6-5-15-12-16(25)10-11-23(15,2)20(17)13-21(26)24(18,19)3/h14-21,25-26H,4-13H2,1-3H3,(H,27,28)/t14?,15-,16?,17-,18+,19-,20+,21?,23+,24-/m0/s1. The number of aliphatic hydroxyl groups is 2. The van der Waals surface area contributed by atoms with E-state index in [1.165, 1.54) is 19.3 Å². The summed E-state index contributed by atoms with van der Waals surface area (Å²) in [5.74, 6) is 2.55. The number of aliphatic carboxylic acids is 1. The van der Waals surface area contributed by atoms with Crippen molar-refractivity contribution in [2.24, 2.45) is 46.3 Å². The van der Waals surface area contributed by atoms with Crippen molar-refractivity contribution in [3.63, 3.8) is 0 Å². The quantitative estimate of drug-likeness (QED) is 0.659. The van der Waals surface area contributed by atoms with Gasteiger partial charge in [-0.25, -0.2) is 0 Å². The molecule has 0 saturated heterocycles. The van der Waals surface area contributed by atoms with Crippen LogP contribution in [0.3, 0.4) is 0 Å². The van der Waals surface area contributed by atoms with E-state index in [1.807, 2.05) is 0 Å². The first kappa shape index (κ1) is 20.7. The zero-order chi connectivity index (χ0) is 20.3. The van der Waals surface area contributed by atoms with Crippen LogP contribution in [-0.2, 0) is 4.79 Å². The Morgan fingerprint density at radius 1 is 1.04 bits per heavy atom. The van der Waals surface area contributed by atoms with Crippen molar-refractivity contribution in [1.82, 2.24) is 0 Å². The average Bonchev–Trinajstić information content (AvgIpc) is 3.00. The Balaban J connectivity index is 1.56. The van der Waals surface area contributed by atoms with Gasteiger partial charge in [0.05, 0.1) is 12.2 Å². The SMILES string of the molecule is CC(CCC(=O)O)[C@H]1CC[C@H]2[C@@H]3CC[C@H]4CC(O)CC[C@@]4(C)[C@@H]3CC(O)[C@@]12C. The number of hydrogen-bond acceptors (Lipinski definition) is 3. The van der Waals surface area contributed by atoms with Crippen LogP contribution < -0.4 is 0 Å². The predicted octanol–water partition coefficient (Wildman–Crippen LogP) is 4.48. The Kier molecular flexibility index (Phi) is 5.36. The van der Waals surface area contributed by atoms with Crippen LogP contribution in [0.15, 0.2) is 0 Å². The highest BCUT2D eigenvalue weighted by Crippen LogP contribution is 2.68. The smallest absolute Gasteiger partial charge is 0.303 e. The van der Waals surface area contributed by atoms with E-state index in [0.717, 1.165) is 38.5 Å². The number of fused-ring (bicyclic) bond motifs is 5. The first-order chi connectivity index (χ1) is 13.2. The molecule has 4 rings (SSSR count). The summed E-state index contributed by atoms with van der Waals surface area (Å²) in [6.07, 6.45) is 9.26. The number of aliphatic hydroxyl groups excluding tert-OH is 2. The minimum absolute atomic E-state index is 0.0591. The summed E-state index contributed by atoms with van der Waals surface area (Å²) in [6.45, 7) is 6.99. The van der Waals surface area contributed by atoms with E-state index in [-0.39, 0.29) is 29.5 Å². The molecule has 4 aliphatic carbocycles. The Hall–Kier alpha value is -0.610. The third-order valence-corrected chi connectivity index (χ3v) is 10.3. The van der Waals surface area contributed by atoms with E-state index in [4.69, 9.17) is 5.11 Å². The number of carboxylic acids is 1. The van der Waals surface area contributed by atoms with Crippen molar-refractivity contribution in [3.05, 3.63) is 0 Å². The van der Waals surface area contributed by atoms with Gasteiger partial charge in [0.15, 0.2) is 0 Å². The van der Waals surface area contributed by atoms with E-state index < -0.39 is 5.97 Å². The molecule has 0 radical (unpaired) electrons. The molecule has 4 saturated carbocycles. The Bertz CT molecular complexity index is 605. The lowest BCUT2D eigenvalue weighted by Gasteiger charge is -2.62. The van der Waals surface area contributed by atoms with Gasteiger partial charge < -0.3 is 15.3 Å². The highest BCUT2D eigenvalue weighted by atomic mass is 16.4. The normalized spacial score (nSPS) is 51.7. The molecule has 0 aromatic carbocycles. The largest absolute Gasteiger partial charge is 0.481 e. The van der Waals surface area contributed by atoms with Crippen LogP contribution in [0.2, 0.25) is 0 Å². The number of carboxylic acid groups (broad SMARTS) is 1. The zero-order valence-corrected chi connectivity index (χ0v) is 17.9. The maximum absolute atomic E-state index is 11.5. The molecule has 3 unspecified atom stereocenters. The van der Waals surface area contributed by atoms with Gasteiger partial charge in [-0.05, 0) is 104 Å². The maximum atomic E-state index is 11.5. The van der Waals surface area contributed by atoms with Crippen LogP contribution in [-0.4, -0.2) is 33.5 Å². The summed E-state index contributed by atoms with van der Waals surface area (Å²) in [5.41, 5.74) is 0.216. The molecule has 4 nitrogen and oxygen atoms in total. The van der Waals surface area contributed by atoms with Gasteiger partial charge in [-0.1, -0.05) is 20.8 Å². The minimum atomic E-state index is -0.707. The summed E-state index contributed by atoms with van der Waals surface area (Å²) < 4.78 is 0.